The summed E-state index contributed by atoms with van der Waals surface area (Å²) < 4.78 is 5.09. The number of hydrogen-bond donors (Lipinski definition) is 3. The number of amides is 3. The number of benzene rings is 2. The lowest BCUT2D eigenvalue weighted by Gasteiger charge is -2.19. The molecule has 3 N–H and O–H groups in total. The number of methoxy groups -OCH3 is 1. The van der Waals surface area contributed by atoms with Crippen molar-refractivity contribution in [2.75, 3.05) is 19.0 Å². The molecule has 7 heteroatoms. The molecule has 0 radical (unpaired) electrons. The van der Waals surface area contributed by atoms with Crippen molar-refractivity contribution in [3.05, 3.63) is 60.2 Å². The molecule has 0 bridgehead atoms. The first-order valence-corrected chi connectivity index (χ1v) is 8.03. The van der Waals surface area contributed by atoms with Gasteiger partial charge in [0.1, 0.15) is 11.8 Å². The molecule has 0 aliphatic heterocycles. The topological polar surface area (TPSA) is 96.5 Å². The predicted molar refractivity (Wildman–Crippen MR) is 97.6 cm³/mol. The van der Waals surface area contributed by atoms with Crippen LogP contribution in [0.2, 0.25) is 0 Å². The Morgan fingerprint density at radius 3 is 2.23 bits per heavy atom. The monoisotopic (exact) mass is 355 g/mol. The Morgan fingerprint density at radius 2 is 1.65 bits per heavy atom. The lowest BCUT2D eigenvalue weighted by Crippen LogP contribution is -2.42. The summed E-state index contributed by atoms with van der Waals surface area (Å²) in [5.41, 5.74) is 1.21. The zero-order chi connectivity index (χ0) is 18.9. The van der Waals surface area contributed by atoms with E-state index >= 15 is 0 Å². The van der Waals surface area contributed by atoms with Crippen LogP contribution in [0, 0.1) is 0 Å². The summed E-state index contributed by atoms with van der Waals surface area (Å²) in [5, 5.41) is 7.81. The summed E-state index contributed by atoms with van der Waals surface area (Å²) in [5.74, 6) is -0.498. The van der Waals surface area contributed by atoms with Gasteiger partial charge >= 0.3 is 0 Å². The van der Waals surface area contributed by atoms with Gasteiger partial charge in [-0.3, -0.25) is 14.4 Å². The maximum Gasteiger partial charge on any atom is 0.251 e. The second kappa shape index (κ2) is 9.22. The molecule has 26 heavy (non-hydrogen) atoms. The number of ether oxygens (including phenoxy) is 1. The van der Waals surface area contributed by atoms with Gasteiger partial charge in [0.2, 0.25) is 11.8 Å². The van der Waals surface area contributed by atoms with E-state index in [1.165, 1.54) is 6.92 Å². The number of carbonyl (C=O) groups is 3. The highest BCUT2D eigenvalue weighted by Crippen LogP contribution is 2.18. The van der Waals surface area contributed by atoms with Crippen molar-refractivity contribution in [3.8, 4) is 5.75 Å². The lowest BCUT2D eigenvalue weighted by molar-refractivity contribution is -0.127. The van der Waals surface area contributed by atoms with E-state index in [1.54, 1.807) is 55.6 Å². The summed E-state index contributed by atoms with van der Waals surface area (Å²) >= 11 is 0. The van der Waals surface area contributed by atoms with Crippen molar-refractivity contribution in [2.24, 2.45) is 0 Å². The van der Waals surface area contributed by atoms with Crippen LogP contribution in [0.4, 0.5) is 5.69 Å². The van der Waals surface area contributed by atoms with Gasteiger partial charge in [-0.15, -0.1) is 0 Å². The van der Waals surface area contributed by atoms with E-state index in [-0.39, 0.29) is 12.5 Å². The number of nitrogens with one attached hydrogen (secondary N) is 3. The van der Waals surface area contributed by atoms with Gasteiger partial charge in [0.25, 0.3) is 5.91 Å². The van der Waals surface area contributed by atoms with Gasteiger partial charge in [0.15, 0.2) is 0 Å². The molecule has 2 aromatic rings. The van der Waals surface area contributed by atoms with E-state index in [4.69, 9.17) is 4.74 Å². The number of hydrogen-bond acceptors (Lipinski definition) is 4. The van der Waals surface area contributed by atoms with Gasteiger partial charge in [-0.25, -0.2) is 0 Å². The Kier molecular flexibility index (Phi) is 6.73. The maximum absolute atomic E-state index is 12.7. The normalized spacial score (nSPS) is 11.2. The van der Waals surface area contributed by atoms with Crippen LogP contribution in [0.15, 0.2) is 54.6 Å². The van der Waals surface area contributed by atoms with Crippen LogP contribution in [0.1, 0.15) is 18.5 Å². The van der Waals surface area contributed by atoms with Gasteiger partial charge in [0.05, 0.1) is 13.7 Å². The quantitative estimate of drug-likeness (QED) is 0.703. The molecular formula is C19H21N3O4. The van der Waals surface area contributed by atoms with Gasteiger partial charge in [-0.2, -0.15) is 0 Å². The highest BCUT2D eigenvalue weighted by molar-refractivity contribution is 5.98. The van der Waals surface area contributed by atoms with Crippen LogP contribution < -0.4 is 20.7 Å². The summed E-state index contributed by atoms with van der Waals surface area (Å²) in [4.78, 5) is 35.7. The second-order valence-electron chi connectivity index (χ2n) is 5.54. The van der Waals surface area contributed by atoms with Gasteiger partial charge in [0, 0.05) is 12.6 Å². The molecule has 1 unspecified atom stereocenters. The van der Waals surface area contributed by atoms with Crippen LogP contribution in [0.5, 0.6) is 5.75 Å². The molecule has 0 aliphatic carbocycles. The third-order valence-electron chi connectivity index (χ3n) is 3.56. The largest absolute Gasteiger partial charge is 0.497 e. The summed E-state index contributed by atoms with van der Waals surface area (Å²) in [6.45, 7) is 1.12. The number of carbonyl (C=O) groups excluding carboxylic acids is 3. The summed E-state index contributed by atoms with van der Waals surface area (Å²) in [6.07, 6.45) is 0. The zero-order valence-electron chi connectivity index (χ0n) is 14.6. The molecule has 0 fully saturated rings. The van der Waals surface area contributed by atoms with E-state index in [9.17, 15) is 14.4 Å². The summed E-state index contributed by atoms with van der Waals surface area (Å²) in [6, 6.07) is 14.8. The van der Waals surface area contributed by atoms with Crippen LogP contribution >= 0.6 is 0 Å². The molecule has 0 saturated carbocycles. The smallest absolute Gasteiger partial charge is 0.251 e. The molecule has 0 heterocycles. The Labute approximate surface area is 151 Å². The Bertz CT molecular complexity index is 760. The van der Waals surface area contributed by atoms with Crippen molar-refractivity contribution >= 4 is 23.4 Å². The molecule has 0 saturated heterocycles. The minimum absolute atomic E-state index is 0.200. The molecule has 0 spiro atoms. The minimum atomic E-state index is -0.889. The number of anilines is 1. The molecule has 1 atom stereocenters. The standard InChI is InChI=1S/C19H21N3O4/c1-13(23)20-12-17(24)22-18(14-6-4-3-5-7-14)19(25)21-15-8-10-16(26-2)11-9-15/h3-11,18H,12H2,1-2H3,(H,20,23)(H,21,25)(H,22,24). The number of rotatable bonds is 7. The fourth-order valence-electron chi connectivity index (χ4n) is 2.25. The Balaban J connectivity index is 2.12. The Hall–Kier alpha value is -3.35. The first kappa shape index (κ1) is 19.0. The van der Waals surface area contributed by atoms with Crippen molar-refractivity contribution in [1.82, 2.24) is 10.6 Å². The third-order valence-corrected chi connectivity index (χ3v) is 3.56. The molecule has 136 valence electrons. The van der Waals surface area contributed by atoms with Crippen molar-refractivity contribution in [1.29, 1.82) is 0 Å². The van der Waals surface area contributed by atoms with Crippen molar-refractivity contribution < 1.29 is 19.1 Å². The van der Waals surface area contributed by atoms with E-state index < -0.39 is 17.9 Å². The Morgan fingerprint density at radius 1 is 1.00 bits per heavy atom. The van der Waals surface area contributed by atoms with Gasteiger partial charge in [-0.1, -0.05) is 30.3 Å². The van der Waals surface area contributed by atoms with Crippen LogP contribution in [0.3, 0.4) is 0 Å². The predicted octanol–water partition coefficient (Wildman–Crippen LogP) is 1.63. The maximum atomic E-state index is 12.7. The summed E-state index contributed by atoms with van der Waals surface area (Å²) in [7, 11) is 1.56. The molecule has 2 aromatic carbocycles. The van der Waals surface area contributed by atoms with Crippen LogP contribution in [0.25, 0.3) is 0 Å². The highest BCUT2D eigenvalue weighted by atomic mass is 16.5. The minimum Gasteiger partial charge on any atom is -0.497 e. The first-order chi connectivity index (χ1) is 12.5. The fraction of sp³-hybridized carbons (Fsp3) is 0.211. The fourth-order valence-corrected chi connectivity index (χ4v) is 2.25. The average Bonchev–Trinajstić information content (AvgIpc) is 2.65. The lowest BCUT2D eigenvalue weighted by atomic mass is 10.1. The molecule has 0 aromatic heterocycles. The zero-order valence-corrected chi connectivity index (χ0v) is 14.6. The third kappa shape index (κ3) is 5.62. The van der Waals surface area contributed by atoms with Gasteiger partial charge < -0.3 is 20.7 Å². The molecule has 0 aliphatic rings. The molecule has 3 amide bonds. The highest BCUT2D eigenvalue weighted by Gasteiger charge is 2.22. The van der Waals surface area contributed by atoms with Crippen LogP contribution in [-0.4, -0.2) is 31.4 Å². The van der Waals surface area contributed by atoms with E-state index in [0.29, 0.717) is 17.0 Å². The van der Waals surface area contributed by atoms with E-state index in [2.05, 4.69) is 16.0 Å². The first-order valence-electron chi connectivity index (χ1n) is 8.03. The van der Waals surface area contributed by atoms with Gasteiger partial charge in [-0.05, 0) is 29.8 Å². The van der Waals surface area contributed by atoms with E-state index in [1.807, 2.05) is 6.07 Å². The average molecular weight is 355 g/mol. The van der Waals surface area contributed by atoms with E-state index in [0.717, 1.165) is 0 Å². The van der Waals surface area contributed by atoms with Crippen LogP contribution in [-0.2, 0) is 14.4 Å². The SMILES string of the molecule is COc1ccc(NC(=O)C(NC(=O)CNC(C)=O)c2ccccc2)cc1. The molecular weight excluding hydrogens is 334 g/mol. The van der Waals surface area contributed by atoms with Crippen molar-refractivity contribution in [3.63, 3.8) is 0 Å². The molecule has 2 rings (SSSR count). The molecule has 7 nitrogen and oxygen atoms in total. The van der Waals surface area contributed by atoms with Crippen molar-refractivity contribution in [2.45, 2.75) is 13.0 Å². The second-order valence-corrected chi connectivity index (χ2v) is 5.54.